The molecule has 0 bridgehead atoms. The lowest BCUT2D eigenvalue weighted by molar-refractivity contribution is -0.384. The molecule has 0 radical (unpaired) electrons. The van der Waals surface area contributed by atoms with Crippen molar-refractivity contribution in [3.05, 3.63) is 118 Å². The Hall–Kier alpha value is -4.89. The molecule has 0 aromatic heterocycles. The number of nitro benzene ring substituents is 1. The number of carbonyl (C=O) groups is 4. The summed E-state index contributed by atoms with van der Waals surface area (Å²) in [6.07, 6.45) is 0. The lowest BCUT2D eigenvalue weighted by Crippen LogP contribution is -2.70. The molecule has 15 heteroatoms. The number of aliphatic hydroxyl groups is 1. The van der Waals surface area contributed by atoms with Gasteiger partial charge >= 0.3 is 11.3 Å². The van der Waals surface area contributed by atoms with Crippen LogP contribution >= 0.6 is 27.7 Å². The Balaban J connectivity index is 1.50. The number of carbonyl (C=O) groups excluding carboxylic acids is 4. The Morgan fingerprint density at radius 3 is 2.16 bits per heavy atom. The minimum atomic E-state index is -1.29. The molecule has 2 N–H and O–H groups in total. The quantitative estimate of drug-likeness (QED) is 0.0485. The van der Waals surface area contributed by atoms with E-state index < -0.39 is 57.5 Å². The maximum Gasteiger partial charge on any atom is 0.369 e. The number of allylic oxidation sites excluding steroid dienone is 1. The normalized spacial score (nSPS) is 16.1. The van der Waals surface area contributed by atoms with Gasteiger partial charge in [-0.25, -0.2) is 9.59 Å². The van der Waals surface area contributed by atoms with Crippen LogP contribution in [0.2, 0.25) is 0 Å². The van der Waals surface area contributed by atoms with Crippen LogP contribution in [0.1, 0.15) is 11.1 Å². The van der Waals surface area contributed by atoms with Gasteiger partial charge in [0.1, 0.15) is 36.1 Å². The maximum absolute atomic E-state index is 13.4. The summed E-state index contributed by atoms with van der Waals surface area (Å²) in [7, 11) is 0. The number of esters is 1. The zero-order valence-corrected chi connectivity index (χ0v) is 25.8. The zero-order valence-electron chi connectivity index (χ0n) is 23.4. The average molecular weight is 701 g/mol. The second kappa shape index (κ2) is 15.7. The predicted octanol–water partition coefficient (Wildman–Crippen LogP) is 4.60. The third kappa shape index (κ3) is 8.83. The summed E-state index contributed by atoms with van der Waals surface area (Å²) in [6.45, 7) is -0.843. The molecule has 2 atom stereocenters. The van der Waals surface area contributed by atoms with Crippen molar-refractivity contribution in [1.82, 2.24) is 10.2 Å². The van der Waals surface area contributed by atoms with Crippen molar-refractivity contribution >= 4 is 56.5 Å². The lowest BCUT2D eigenvalue weighted by Gasteiger charge is -2.46. The van der Waals surface area contributed by atoms with Crippen LogP contribution in [0.3, 0.4) is 0 Å². The largest absolute Gasteiger partial charge is 0.509 e. The summed E-state index contributed by atoms with van der Waals surface area (Å²) >= 11 is 3.59. The highest BCUT2D eigenvalue weighted by Crippen LogP contribution is 2.36. The van der Waals surface area contributed by atoms with Crippen LogP contribution in [0.25, 0.3) is 0 Å². The van der Waals surface area contributed by atoms with Gasteiger partial charge in [-0.3, -0.25) is 24.6 Å². The zero-order chi connectivity index (χ0) is 32.3. The van der Waals surface area contributed by atoms with Crippen molar-refractivity contribution in [2.75, 3.05) is 11.9 Å². The summed E-state index contributed by atoms with van der Waals surface area (Å²) in [6, 6.07) is 21.3. The van der Waals surface area contributed by atoms with Crippen LogP contribution in [-0.2, 0) is 37.1 Å². The van der Waals surface area contributed by atoms with Crippen molar-refractivity contribution in [1.29, 1.82) is 0 Å². The fourth-order valence-corrected chi connectivity index (χ4v) is 5.26. The van der Waals surface area contributed by atoms with Crippen LogP contribution in [-0.4, -0.2) is 61.4 Å². The van der Waals surface area contributed by atoms with E-state index in [1.54, 1.807) is 60.7 Å². The van der Waals surface area contributed by atoms with E-state index in [1.165, 1.54) is 24.3 Å². The summed E-state index contributed by atoms with van der Waals surface area (Å²) in [4.78, 5) is 63.3. The molecule has 13 nitrogen and oxygen atoms in total. The molecule has 4 rings (SSSR count). The van der Waals surface area contributed by atoms with E-state index in [0.29, 0.717) is 28.6 Å². The summed E-state index contributed by atoms with van der Waals surface area (Å²) in [5, 5.41) is 21.8. The topological polar surface area (TPSA) is 175 Å². The number of β-lactam (4-membered cyclic amide) rings is 1. The number of halogens is 1. The summed E-state index contributed by atoms with van der Waals surface area (Å²) < 4.78 is 16.1. The van der Waals surface area contributed by atoms with E-state index in [2.05, 4.69) is 21.2 Å². The van der Waals surface area contributed by atoms with E-state index in [1.807, 2.05) is 0 Å². The Morgan fingerprint density at radius 1 is 0.933 bits per heavy atom. The van der Waals surface area contributed by atoms with E-state index in [4.69, 9.17) is 14.2 Å². The standard InChI is InChI=1S/C30H26BrN3O10S/c31-15-23(35)26(29(38)43-16-20-11-13-21(14-12-20)34(40)41)33-27(37)25(32-24(36)18-42-22-9-5-2-6-10-22)28(33)45-30(39)44-17-19-7-3-1-4-8-19/h1-14,25,28,35H,15-18H2,(H,32,36)/b26-23-. The molecule has 1 aliphatic rings. The third-order valence-corrected chi connectivity index (χ3v) is 7.81. The first kappa shape index (κ1) is 33.0. The van der Waals surface area contributed by atoms with Gasteiger partial charge in [-0.05, 0) is 47.2 Å². The Kier molecular flexibility index (Phi) is 11.5. The van der Waals surface area contributed by atoms with Crippen LogP contribution < -0.4 is 10.1 Å². The number of nitrogens with zero attached hydrogens (tertiary/aromatic N) is 2. The molecule has 1 heterocycles. The second-order valence-electron chi connectivity index (χ2n) is 9.32. The monoisotopic (exact) mass is 699 g/mol. The fraction of sp³-hybridized carbons (Fsp3) is 0.200. The smallest absolute Gasteiger partial charge is 0.369 e. The van der Waals surface area contributed by atoms with Gasteiger partial charge in [-0.2, -0.15) is 0 Å². The minimum Gasteiger partial charge on any atom is -0.509 e. The molecule has 3 aromatic rings. The Labute approximate surface area is 269 Å². The number of nitrogens with one attached hydrogen (secondary N) is 1. The van der Waals surface area contributed by atoms with Crippen molar-refractivity contribution < 1.29 is 43.4 Å². The SMILES string of the molecule is O=C(COc1ccccc1)NC1C(=O)N(/C(C(=O)OCc2ccc([N+](=O)[O-])cc2)=C(\O)CBr)C1SC(=O)OCc1ccccc1. The van der Waals surface area contributed by atoms with E-state index in [0.717, 1.165) is 4.90 Å². The van der Waals surface area contributed by atoms with Crippen molar-refractivity contribution in [2.45, 2.75) is 24.6 Å². The number of rotatable bonds is 13. The number of hydrogen-bond acceptors (Lipinski definition) is 11. The van der Waals surface area contributed by atoms with Crippen molar-refractivity contribution in [2.24, 2.45) is 0 Å². The van der Waals surface area contributed by atoms with Crippen LogP contribution in [0, 0.1) is 10.1 Å². The van der Waals surface area contributed by atoms with Crippen LogP contribution in [0.15, 0.2) is 96.4 Å². The highest BCUT2D eigenvalue weighted by Gasteiger charge is 2.54. The molecule has 2 amide bonds. The van der Waals surface area contributed by atoms with Gasteiger partial charge in [0.15, 0.2) is 12.3 Å². The number of amides is 2. The molecule has 1 aliphatic heterocycles. The van der Waals surface area contributed by atoms with E-state index >= 15 is 0 Å². The Morgan fingerprint density at radius 2 is 1.53 bits per heavy atom. The number of thioether (sulfide) groups is 1. The molecule has 0 saturated carbocycles. The van der Waals surface area contributed by atoms with Crippen molar-refractivity contribution in [3.8, 4) is 5.75 Å². The number of ether oxygens (including phenoxy) is 3. The van der Waals surface area contributed by atoms with Crippen LogP contribution in [0.4, 0.5) is 10.5 Å². The first-order valence-corrected chi connectivity index (χ1v) is 15.2. The average Bonchev–Trinajstić information content (AvgIpc) is 3.06. The Bertz CT molecular complexity index is 1570. The van der Waals surface area contributed by atoms with E-state index in [-0.39, 0.29) is 24.2 Å². The highest BCUT2D eigenvalue weighted by molar-refractivity contribution is 9.09. The molecule has 2 unspecified atom stereocenters. The van der Waals surface area contributed by atoms with Gasteiger partial charge < -0.3 is 24.6 Å². The third-order valence-electron chi connectivity index (χ3n) is 6.24. The molecule has 1 fully saturated rings. The molecular formula is C30H26BrN3O10S. The first-order chi connectivity index (χ1) is 21.7. The maximum atomic E-state index is 13.4. The number of likely N-dealkylation sites (tertiary alicyclic amines) is 1. The van der Waals surface area contributed by atoms with Gasteiger partial charge in [0, 0.05) is 12.1 Å². The van der Waals surface area contributed by atoms with Gasteiger partial charge in [0.25, 0.3) is 17.5 Å². The highest BCUT2D eigenvalue weighted by atomic mass is 79.9. The molecule has 0 spiro atoms. The van der Waals surface area contributed by atoms with Gasteiger partial charge in [0.05, 0.1) is 10.3 Å². The molecule has 234 valence electrons. The van der Waals surface area contributed by atoms with Gasteiger partial charge in [-0.1, -0.05) is 64.5 Å². The molecular weight excluding hydrogens is 674 g/mol. The number of benzene rings is 3. The first-order valence-electron chi connectivity index (χ1n) is 13.2. The summed E-state index contributed by atoms with van der Waals surface area (Å²) in [5.74, 6) is -2.73. The minimum absolute atomic E-state index is 0.0676. The number of non-ortho nitro benzene ring substituents is 1. The lowest BCUT2D eigenvalue weighted by atomic mass is 10.1. The predicted molar refractivity (Wildman–Crippen MR) is 165 cm³/mol. The number of hydrogen-bond donors (Lipinski definition) is 2. The summed E-state index contributed by atoms with van der Waals surface area (Å²) in [5.41, 5.74) is 0.400. The van der Waals surface area contributed by atoms with Crippen molar-refractivity contribution in [3.63, 3.8) is 0 Å². The number of para-hydroxylation sites is 1. The van der Waals surface area contributed by atoms with Crippen LogP contribution in [0.5, 0.6) is 5.75 Å². The molecule has 3 aromatic carbocycles. The second-order valence-corrected chi connectivity index (χ2v) is 10.9. The van der Waals surface area contributed by atoms with E-state index in [9.17, 15) is 34.4 Å². The van der Waals surface area contributed by atoms with Gasteiger partial charge in [0.2, 0.25) is 0 Å². The number of nitro groups is 1. The molecule has 45 heavy (non-hydrogen) atoms. The molecule has 0 aliphatic carbocycles. The fourth-order valence-electron chi connectivity index (χ4n) is 4.03. The number of aliphatic hydroxyl groups excluding tert-OH is 1. The number of alkyl halides is 1. The van der Waals surface area contributed by atoms with Gasteiger partial charge in [-0.15, -0.1) is 0 Å². The molecule has 1 saturated heterocycles.